The van der Waals surface area contributed by atoms with Gasteiger partial charge in [-0.25, -0.2) is 13.5 Å². The van der Waals surface area contributed by atoms with Gasteiger partial charge < -0.3 is 10.6 Å². The van der Waals surface area contributed by atoms with Gasteiger partial charge in [0.2, 0.25) is 0 Å². The van der Waals surface area contributed by atoms with E-state index in [0.29, 0.717) is 28.5 Å². The first-order chi connectivity index (χ1) is 15.8. The van der Waals surface area contributed by atoms with Gasteiger partial charge in [0.25, 0.3) is 11.8 Å². The average molecular weight is 446 g/mol. The third-order valence-corrected chi connectivity index (χ3v) is 5.01. The van der Waals surface area contributed by atoms with E-state index in [1.54, 1.807) is 50.2 Å². The van der Waals surface area contributed by atoms with E-state index >= 15 is 0 Å². The summed E-state index contributed by atoms with van der Waals surface area (Å²) in [6, 6.07) is 17.9. The molecule has 4 aromatic rings. The quantitative estimate of drug-likeness (QED) is 0.438. The van der Waals surface area contributed by atoms with Gasteiger partial charge in [-0.3, -0.25) is 9.59 Å². The van der Waals surface area contributed by atoms with E-state index in [1.165, 1.54) is 41.1 Å². The smallest absolute Gasteiger partial charge is 0.258 e. The summed E-state index contributed by atoms with van der Waals surface area (Å²) in [6.45, 7) is 3.55. The van der Waals surface area contributed by atoms with E-state index in [9.17, 15) is 18.4 Å². The van der Waals surface area contributed by atoms with E-state index in [1.807, 2.05) is 0 Å². The van der Waals surface area contributed by atoms with Crippen molar-refractivity contribution in [3.8, 4) is 5.69 Å². The fraction of sp³-hybridized carbons (Fsp3) is 0.0800. The summed E-state index contributed by atoms with van der Waals surface area (Å²) >= 11 is 0. The molecule has 6 nitrogen and oxygen atoms in total. The second kappa shape index (κ2) is 9.04. The molecule has 2 amide bonds. The number of hydrogen-bond acceptors (Lipinski definition) is 3. The number of nitrogens with zero attached hydrogens (tertiary/aromatic N) is 2. The van der Waals surface area contributed by atoms with Gasteiger partial charge in [0.15, 0.2) is 0 Å². The Kier molecular flexibility index (Phi) is 5.99. The van der Waals surface area contributed by atoms with E-state index in [-0.39, 0.29) is 16.9 Å². The molecule has 0 unspecified atom stereocenters. The fourth-order valence-electron chi connectivity index (χ4n) is 3.29. The van der Waals surface area contributed by atoms with Crippen LogP contribution in [0.1, 0.15) is 32.0 Å². The lowest BCUT2D eigenvalue weighted by molar-refractivity contribution is 0.101. The van der Waals surface area contributed by atoms with Crippen LogP contribution in [0.25, 0.3) is 5.69 Å². The molecule has 0 aliphatic heterocycles. The van der Waals surface area contributed by atoms with Crippen LogP contribution in [0.15, 0.2) is 72.8 Å². The molecule has 2 N–H and O–H groups in total. The van der Waals surface area contributed by atoms with Crippen LogP contribution >= 0.6 is 0 Å². The van der Waals surface area contributed by atoms with Gasteiger partial charge in [-0.2, -0.15) is 5.10 Å². The molecule has 0 aliphatic carbocycles. The second-order valence-corrected chi connectivity index (χ2v) is 7.48. The Bertz CT molecular complexity index is 1350. The number of hydrogen-bond donors (Lipinski definition) is 2. The van der Waals surface area contributed by atoms with Gasteiger partial charge in [-0.15, -0.1) is 0 Å². The summed E-state index contributed by atoms with van der Waals surface area (Å²) in [7, 11) is 0. The Hall–Kier alpha value is -4.33. The van der Waals surface area contributed by atoms with Crippen LogP contribution in [0, 0.1) is 25.5 Å². The minimum Gasteiger partial charge on any atom is -0.322 e. The number of benzene rings is 3. The molecule has 0 aliphatic rings. The van der Waals surface area contributed by atoms with Crippen molar-refractivity contribution in [2.45, 2.75) is 13.8 Å². The highest BCUT2D eigenvalue weighted by Gasteiger charge is 2.16. The van der Waals surface area contributed by atoms with Crippen molar-refractivity contribution in [3.05, 3.63) is 107 Å². The highest BCUT2D eigenvalue weighted by Crippen LogP contribution is 2.22. The molecule has 8 heteroatoms. The van der Waals surface area contributed by atoms with Gasteiger partial charge in [-0.1, -0.05) is 18.2 Å². The summed E-state index contributed by atoms with van der Waals surface area (Å²) in [5.41, 5.74) is 2.54. The molecule has 166 valence electrons. The Morgan fingerprint density at radius 2 is 1.58 bits per heavy atom. The SMILES string of the molecule is Cc1cc(NC(=O)c2ccc(C)c(NC(=O)c3ccccc3F)c2)n(-c2ccc(F)cc2)n1. The van der Waals surface area contributed by atoms with Crippen molar-refractivity contribution >= 4 is 23.3 Å². The third-order valence-electron chi connectivity index (χ3n) is 5.01. The van der Waals surface area contributed by atoms with Crippen molar-refractivity contribution < 1.29 is 18.4 Å². The van der Waals surface area contributed by atoms with Gasteiger partial charge in [0.1, 0.15) is 17.5 Å². The molecule has 0 spiro atoms. The average Bonchev–Trinajstić information content (AvgIpc) is 3.15. The van der Waals surface area contributed by atoms with Gasteiger partial charge in [0.05, 0.1) is 16.9 Å². The summed E-state index contributed by atoms with van der Waals surface area (Å²) < 4.78 is 28.7. The van der Waals surface area contributed by atoms with Crippen LogP contribution in [0.3, 0.4) is 0 Å². The Labute approximate surface area is 188 Å². The Balaban J connectivity index is 1.57. The molecular formula is C25H20F2N4O2. The number of aryl methyl sites for hydroxylation is 2. The maximum atomic E-state index is 13.9. The molecule has 0 saturated carbocycles. The largest absolute Gasteiger partial charge is 0.322 e. The van der Waals surface area contributed by atoms with E-state index in [4.69, 9.17) is 0 Å². The highest BCUT2D eigenvalue weighted by molar-refractivity contribution is 6.07. The first kappa shape index (κ1) is 21.9. The monoisotopic (exact) mass is 446 g/mol. The van der Waals surface area contributed by atoms with Crippen LogP contribution in [0.5, 0.6) is 0 Å². The van der Waals surface area contributed by atoms with Gasteiger partial charge in [-0.05, 0) is 67.9 Å². The van der Waals surface area contributed by atoms with Crippen molar-refractivity contribution in [2.24, 2.45) is 0 Å². The van der Waals surface area contributed by atoms with Crippen molar-refractivity contribution in [1.29, 1.82) is 0 Å². The Morgan fingerprint density at radius 3 is 2.30 bits per heavy atom. The number of carbonyl (C=O) groups excluding carboxylic acids is 2. The zero-order valence-electron chi connectivity index (χ0n) is 17.9. The van der Waals surface area contributed by atoms with Gasteiger partial charge >= 0.3 is 0 Å². The van der Waals surface area contributed by atoms with E-state index in [2.05, 4.69) is 15.7 Å². The molecule has 33 heavy (non-hydrogen) atoms. The zero-order chi connectivity index (χ0) is 23.5. The third kappa shape index (κ3) is 4.79. The summed E-state index contributed by atoms with van der Waals surface area (Å²) in [4.78, 5) is 25.4. The van der Waals surface area contributed by atoms with Crippen LogP contribution in [0.2, 0.25) is 0 Å². The maximum Gasteiger partial charge on any atom is 0.258 e. The predicted molar refractivity (Wildman–Crippen MR) is 122 cm³/mol. The van der Waals surface area contributed by atoms with Crippen molar-refractivity contribution in [2.75, 3.05) is 10.6 Å². The Morgan fingerprint density at radius 1 is 0.848 bits per heavy atom. The molecule has 0 bridgehead atoms. The number of halogens is 2. The molecule has 4 rings (SSSR count). The van der Waals surface area contributed by atoms with Gasteiger partial charge in [0, 0.05) is 17.3 Å². The second-order valence-electron chi connectivity index (χ2n) is 7.48. The normalized spacial score (nSPS) is 10.7. The highest BCUT2D eigenvalue weighted by atomic mass is 19.1. The van der Waals surface area contributed by atoms with Crippen LogP contribution in [-0.4, -0.2) is 21.6 Å². The molecule has 0 atom stereocenters. The summed E-state index contributed by atoms with van der Waals surface area (Å²) in [6.07, 6.45) is 0. The van der Waals surface area contributed by atoms with Crippen LogP contribution in [0.4, 0.5) is 20.3 Å². The number of anilines is 2. The first-order valence-corrected chi connectivity index (χ1v) is 10.1. The number of aromatic nitrogens is 2. The van der Waals surface area contributed by atoms with E-state index in [0.717, 1.165) is 0 Å². The molecule has 1 heterocycles. The van der Waals surface area contributed by atoms with E-state index < -0.39 is 17.6 Å². The minimum absolute atomic E-state index is 0.0922. The van der Waals surface area contributed by atoms with Crippen LogP contribution < -0.4 is 10.6 Å². The molecule has 0 fully saturated rings. The molecular weight excluding hydrogens is 426 g/mol. The zero-order valence-corrected chi connectivity index (χ0v) is 17.9. The number of amides is 2. The topological polar surface area (TPSA) is 76.0 Å². The predicted octanol–water partition coefficient (Wildman–Crippen LogP) is 5.27. The lowest BCUT2D eigenvalue weighted by atomic mass is 10.1. The number of rotatable bonds is 5. The lowest BCUT2D eigenvalue weighted by Crippen LogP contribution is -2.17. The first-order valence-electron chi connectivity index (χ1n) is 10.1. The van der Waals surface area contributed by atoms with Crippen molar-refractivity contribution in [3.63, 3.8) is 0 Å². The standard InChI is InChI=1S/C25H20F2N4O2/c1-15-7-8-17(14-22(15)28-25(33)20-5-3-4-6-21(20)27)24(32)29-23-13-16(2)30-31(23)19-11-9-18(26)10-12-19/h3-14H,1-2H3,(H,28,33)(H,29,32). The summed E-state index contributed by atoms with van der Waals surface area (Å²) in [5.74, 6) is -1.65. The minimum atomic E-state index is -0.633. The maximum absolute atomic E-state index is 13.9. The summed E-state index contributed by atoms with van der Waals surface area (Å²) in [5, 5.41) is 9.81. The lowest BCUT2D eigenvalue weighted by Gasteiger charge is -2.12. The number of nitrogens with one attached hydrogen (secondary N) is 2. The van der Waals surface area contributed by atoms with Crippen molar-refractivity contribution in [1.82, 2.24) is 9.78 Å². The molecule has 1 aromatic heterocycles. The van der Waals surface area contributed by atoms with Crippen LogP contribution in [-0.2, 0) is 0 Å². The molecule has 0 radical (unpaired) electrons. The molecule has 0 saturated heterocycles. The fourth-order valence-corrected chi connectivity index (χ4v) is 3.29. The number of carbonyl (C=O) groups is 2. The molecule has 3 aromatic carbocycles.